The number of para-hydroxylation sites is 1. The van der Waals surface area contributed by atoms with Crippen molar-refractivity contribution in [3.63, 3.8) is 0 Å². The van der Waals surface area contributed by atoms with Crippen molar-refractivity contribution >= 4 is 27.6 Å². The number of hydrogen-bond donors (Lipinski definition) is 1. The predicted octanol–water partition coefficient (Wildman–Crippen LogP) is 2.54. The van der Waals surface area contributed by atoms with Crippen molar-refractivity contribution in [2.45, 2.75) is 45.3 Å². The van der Waals surface area contributed by atoms with Gasteiger partial charge < -0.3 is 13.7 Å². The molecule has 0 fully saturated rings. The highest BCUT2D eigenvalue weighted by atomic mass is 32.2. The van der Waals surface area contributed by atoms with Gasteiger partial charge in [-0.1, -0.05) is 18.2 Å². The molecule has 1 unspecified atom stereocenters. The number of ether oxygens (including phenoxy) is 2. The molecule has 0 spiro atoms. The van der Waals surface area contributed by atoms with Gasteiger partial charge in [0.15, 0.2) is 0 Å². The minimum absolute atomic E-state index is 0.0622. The SMILES string of the molecule is COCc1csc(C(Cc2ccccc2OS(N)(=O)=O)C(=O)OC(C)(C)C)n1. The highest BCUT2D eigenvalue weighted by Gasteiger charge is 2.30. The molecule has 8 nitrogen and oxygen atoms in total. The fourth-order valence-corrected chi connectivity index (χ4v) is 3.74. The predicted molar refractivity (Wildman–Crippen MR) is 105 cm³/mol. The van der Waals surface area contributed by atoms with Gasteiger partial charge in [-0.2, -0.15) is 13.6 Å². The first-order valence-electron chi connectivity index (χ1n) is 8.44. The molecule has 0 aliphatic carbocycles. The summed E-state index contributed by atoms with van der Waals surface area (Å²) in [5, 5.41) is 7.35. The molecule has 0 saturated carbocycles. The first-order chi connectivity index (χ1) is 13.0. The zero-order valence-corrected chi connectivity index (χ0v) is 17.8. The second-order valence-corrected chi connectivity index (χ2v) is 9.13. The van der Waals surface area contributed by atoms with Gasteiger partial charge in [0, 0.05) is 12.5 Å². The molecule has 1 aromatic heterocycles. The molecule has 1 heterocycles. The van der Waals surface area contributed by atoms with Crippen molar-refractivity contribution in [1.29, 1.82) is 0 Å². The van der Waals surface area contributed by atoms with Crippen LogP contribution in [0.15, 0.2) is 29.6 Å². The van der Waals surface area contributed by atoms with E-state index in [1.165, 1.54) is 17.4 Å². The normalized spacial score (nSPS) is 13.2. The molecule has 0 radical (unpaired) electrons. The third-order valence-electron chi connectivity index (χ3n) is 3.45. The Morgan fingerprint density at radius 3 is 2.57 bits per heavy atom. The Hall–Kier alpha value is -2.01. The lowest BCUT2D eigenvalue weighted by Gasteiger charge is -2.23. The number of thiazole rings is 1. The van der Waals surface area contributed by atoms with E-state index >= 15 is 0 Å². The standard InChI is InChI=1S/C18H24N2O6S2/c1-18(2,3)25-17(21)14(16-20-13(10-24-4)11-27-16)9-12-7-5-6-8-15(12)26-28(19,22)23/h5-8,11,14H,9-10H2,1-4H3,(H2,19,22,23). The maximum atomic E-state index is 12.9. The number of esters is 1. The van der Waals surface area contributed by atoms with Gasteiger partial charge >= 0.3 is 16.3 Å². The number of carbonyl (C=O) groups is 1. The van der Waals surface area contributed by atoms with Gasteiger partial charge in [-0.05, 0) is 38.8 Å². The van der Waals surface area contributed by atoms with Crippen LogP contribution in [0.25, 0.3) is 0 Å². The summed E-state index contributed by atoms with van der Waals surface area (Å²) in [6, 6.07) is 6.48. The Morgan fingerprint density at radius 2 is 1.96 bits per heavy atom. The van der Waals surface area contributed by atoms with E-state index in [9.17, 15) is 13.2 Å². The molecule has 2 N–H and O–H groups in total. The molecule has 2 rings (SSSR count). The van der Waals surface area contributed by atoms with Crippen LogP contribution in [0.1, 0.15) is 43.0 Å². The molecule has 154 valence electrons. The van der Waals surface area contributed by atoms with Crippen LogP contribution in [0.5, 0.6) is 5.75 Å². The highest BCUT2D eigenvalue weighted by Crippen LogP contribution is 2.31. The Balaban J connectivity index is 2.38. The van der Waals surface area contributed by atoms with E-state index in [-0.39, 0.29) is 12.2 Å². The van der Waals surface area contributed by atoms with E-state index in [4.69, 9.17) is 18.8 Å². The van der Waals surface area contributed by atoms with Crippen molar-refractivity contribution in [1.82, 2.24) is 4.98 Å². The Kier molecular flexibility index (Phi) is 7.16. The van der Waals surface area contributed by atoms with Crippen molar-refractivity contribution in [2.24, 2.45) is 5.14 Å². The second kappa shape index (κ2) is 8.99. The van der Waals surface area contributed by atoms with Gasteiger partial charge in [-0.3, -0.25) is 4.79 Å². The molecule has 0 aliphatic rings. The van der Waals surface area contributed by atoms with Gasteiger partial charge in [0.1, 0.15) is 22.3 Å². The van der Waals surface area contributed by atoms with Gasteiger partial charge in [-0.25, -0.2) is 4.98 Å². The van der Waals surface area contributed by atoms with E-state index in [2.05, 4.69) is 4.98 Å². The van der Waals surface area contributed by atoms with E-state index in [0.717, 1.165) is 0 Å². The molecular formula is C18H24N2O6S2. The lowest BCUT2D eigenvalue weighted by molar-refractivity contribution is -0.156. The van der Waals surface area contributed by atoms with Crippen LogP contribution >= 0.6 is 11.3 Å². The molecular weight excluding hydrogens is 404 g/mol. The molecule has 0 bridgehead atoms. The summed E-state index contributed by atoms with van der Waals surface area (Å²) >= 11 is 1.31. The summed E-state index contributed by atoms with van der Waals surface area (Å²) in [5.74, 6) is -1.14. The molecule has 0 aliphatic heterocycles. The first-order valence-corrected chi connectivity index (χ1v) is 10.8. The van der Waals surface area contributed by atoms with Gasteiger partial charge in [-0.15, -0.1) is 11.3 Å². The molecule has 0 saturated heterocycles. The Bertz CT molecular complexity index is 918. The molecule has 0 amide bonds. The van der Waals surface area contributed by atoms with Gasteiger partial charge in [0.25, 0.3) is 0 Å². The van der Waals surface area contributed by atoms with Crippen LogP contribution < -0.4 is 9.32 Å². The molecule has 2 aromatic rings. The fraction of sp³-hybridized carbons (Fsp3) is 0.444. The van der Waals surface area contributed by atoms with E-state index in [1.54, 1.807) is 46.1 Å². The lowest BCUT2D eigenvalue weighted by Crippen LogP contribution is -2.29. The number of nitrogens with two attached hydrogens (primary N) is 1. The summed E-state index contributed by atoms with van der Waals surface area (Å²) in [6.45, 7) is 5.65. The largest absolute Gasteiger partial charge is 0.459 e. The van der Waals surface area contributed by atoms with E-state index in [0.29, 0.717) is 22.9 Å². The van der Waals surface area contributed by atoms with Crippen molar-refractivity contribution < 1.29 is 26.9 Å². The third-order valence-corrected chi connectivity index (χ3v) is 4.87. The molecule has 1 atom stereocenters. The number of hydrogen-bond acceptors (Lipinski definition) is 8. The molecule has 10 heteroatoms. The van der Waals surface area contributed by atoms with Gasteiger partial charge in [0.2, 0.25) is 0 Å². The van der Waals surface area contributed by atoms with Crippen LogP contribution in [0, 0.1) is 0 Å². The maximum absolute atomic E-state index is 12.9. The number of benzene rings is 1. The Morgan fingerprint density at radius 1 is 1.29 bits per heavy atom. The molecule has 1 aromatic carbocycles. The average molecular weight is 429 g/mol. The van der Waals surface area contributed by atoms with Crippen molar-refractivity contribution in [3.05, 3.63) is 45.9 Å². The topological polar surface area (TPSA) is 118 Å². The summed E-state index contributed by atoms with van der Waals surface area (Å²) in [6.07, 6.45) is 0.139. The smallest absolute Gasteiger partial charge is 0.380 e. The summed E-state index contributed by atoms with van der Waals surface area (Å²) in [4.78, 5) is 17.3. The number of methoxy groups -OCH3 is 1. The average Bonchev–Trinajstić information content (AvgIpc) is 2.99. The van der Waals surface area contributed by atoms with Crippen molar-refractivity contribution in [2.75, 3.05) is 7.11 Å². The maximum Gasteiger partial charge on any atom is 0.380 e. The number of nitrogens with zero attached hydrogens (tertiary/aromatic N) is 1. The molecule has 28 heavy (non-hydrogen) atoms. The third kappa shape index (κ3) is 6.86. The summed E-state index contributed by atoms with van der Waals surface area (Å²) < 4.78 is 38.2. The Labute approximate surface area is 168 Å². The lowest BCUT2D eigenvalue weighted by atomic mass is 9.98. The zero-order chi connectivity index (χ0) is 20.9. The summed E-state index contributed by atoms with van der Waals surface area (Å²) in [7, 11) is -2.64. The van der Waals surface area contributed by atoms with Gasteiger partial charge in [0.05, 0.1) is 12.3 Å². The minimum Gasteiger partial charge on any atom is -0.459 e. The monoisotopic (exact) mass is 428 g/mol. The fourth-order valence-electron chi connectivity index (χ4n) is 2.44. The van der Waals surface area contributed by atoms with Crippen LogP contribution in [-0.4, -0.2) is 32.1 Å². The van der Waals surface area contributed by atoms with Crippen molar-refractivity contribution in [3.8, 4) is 5.75 Å². The minimum atomic E-state index is -4.20. The second-order valence-electron chi connectivity index (χ2n) is 7.08. The highest BCUT2D eigenvalue weighted by molar-refractivity contribution is 7.84. The number of carbonyl (C=O) groups excluding carboxylic acids is 1. The van der Waals surface area contributed by atoms with E-state index in [1.807, 2.05) is 5.38 Å². The zero-order valence-electron chi connectivity index (χ0n) is 16.2. The van der Waals surface area contributed by atoms with Crippen LogP contribution in [0.3, 0.4) is 0 Å². The van der Waals surface area contributed by atoms with Crippen LogP contribution in [0.2, 0.25) is 0 Å². The number of aromatic nitrogens is 1. The first kappa shape index (κ1) is 22.3. The van der Waals surface area contributed by atoms with E-state index < -0.39 is 27.8 Å². The summed E-state index contributed by atoms with van der Waals surface area (Å²) in [5.41, 5.74) is 0.513. The number of rotatable bonds is 8. The van der Waals surface area contributed by atoms with Crippen LogP contribution in [-0.2, 0) is 37.6 Å². The van der Waals surface area contributed by atoms with Crippen LogP contribution in [0.4, 0.5) is 0 Å². The quantitative estimate of drug-likeness (QED) is 0.642.